The first-order valence-corrected chi connectivity index (χ1v) is 14.7. The van der Waals surface area contributed by atoms with Crippen molar-refractivity contribution in [3.05, 3.63) is 75.9 Å². The number of methoxy groups -OCH3 is 1. The summed E-state index contributed by atoms with van der Waals surface area (Å²) in [4.78, 5) is 40.3. The largest absolute Gasteiger partial charge is 0.481 e. The predicted molar refractivity (Wildman–Crippen MR) is 175 cm³/mol. The molecule has 0 spiro atoms. The smallest absolute Gasteiger partial charge is 0.303 e. The Hall–Kier alpha value is -4.76. The fourth-order valence-electron chi connectivity index (χ4n) is 6.14. The summed E-state index contributed by atoms with van der Waals surface area (Å²) in [5.41, 5.74) is 13.7. The summed E-state index contributed by atoms with van der Waals surface area (Å²) in [6.45, 7) is 14.1. The first-order valence-electron chi connectivity index (χ1n) is 14.7. The summed E-state index contributed by atoms with van der Waals surface area (Å²) in [6.07, 6.45) is 2.18. The van der Waals surface area contributed by atoms with Gasteiger partial charge in [-0.3, -0.25) is 9.59 Å². The standard InChI is InChI=1S/C35H38N4O5/c1-8-22-17(2)25-13-26-18(3)23(9-11-33(40)41)30(37-26)16-31-24(10-12-34(42)43)19(4)27(38-31)15-32-35(21(6)44-7)20(5)28(39-32)14-29(22)36-25/h8,13-16,21,36,38H,1,9-12H2,2-7H3,(H,40,41)(H,42,43). The van der Waals surface area contributed by atoms with Gasteiger partial charge >= 0.3 is 11.9 Å². The van der Waals surface area contributed by atoms with Crippen LogP contribution in [-0.4, -0.2) is 55.3 Å². The van der Waals surface area contributed by atoms with Gasteiger partial charge in [0, 0.05) is 53.2 Å². The third-order valence-electron chi connectivity index (χ3n) is 8.78. The Bertz CT molecular complexity index is 1940. The van der Waals surface area contributed by atoms with E-state index in [1.807, 2.05) is 65.0 Å². The zero-order chi connectivity index (χ0) is 31.9. The number of ether oxygens (including phenoxy) is 1. The first kappa shape index (κ1) is 30.7. The van der Waals surface area contributed by atoms with Gasteiger partial charge in [0.2, 0.25) is 0 Å². The zero-order valence-corrected chi connectivity index (χ0v) is 26.0. The monoisotopic (exact) mass is 594 g/mol. The highest BCUT2D eigenvalue weighted by Gasteiger charge is 2.24. The van der Waals surface area contributed by atoms with Crippen LogP contribution in [0.15, 0.2) is 30.8 Å². The average molecular weight is 595 g/mol. The molecule has 8 bridgehead atoms. The Morgan fingerprint density at radius 2 is 1.36 bits per heavy atom. The number of carboxylic acids is 2. The molecule has 44 heavy (non-hydrogen) atoms. The van der Waals surface area contributed by atoms with Gasteiger partial charge in [-0.2, -0.15) is 0 Å². The van der Waals surface area contributed by atoms with Crippen LogP contribution in [0.5, 0.6) is 0 Å². The minimum absolute atomic E-state index is 0.0318. The molecule has 0 fully saturated rings. The van der Waals surface area contributed by atoms with Gasteiger partial charge in [0.05, 0.1) is 28.9 Å². The van der Waals surface area contributed by atoms with Crippen LogP contribution in [0.3, 0.4) is 0 Å². The molecular formula is C35H38N4O5. The topological polar surface area (TPSA) is 141 Å². The second-order valence-corrected chi connectivity index (χ2v) is 11.4. The molecule has 5 rings (SSSR count). The molecule has 5 heterocycles. The first-order chi connectivity index (χ1) is 20.9. The highest BCUT2D eigenvalue weighted by molar-refractivity contribution is 5.96. The molecule has 2 aliphatic heterocycles. The van der Waals surface area contributed by atoms with Gasteiger partial charge in [-0.05, 0) is 105 Å². The van der Waals surface area contributed by atoms with E-state index in [-0.39, 0.29) is 18.9 Å². The molecule has 0 aliphatic carbocycles. The number of aryl methyl sites for hydroxylation is 3. The summed E-state index contributed by atoms with van der Waals surface area (Å²) >= 11 is 0. The molecule has 0 aromatic carbocycles. The van der Waals surface area contributed by atoms with Crippen molar-refractivity contribution in [3.8, 4) is 0 Å². The normalized spacial score (nSPS) is 13.9. The van der Waals surface area contributed by atoms with E-state index < -0.39 is 11.9 Å². The maximum absolute atomic E-state index is 11.6. The molecule has 0 saturated carbocycles. The number of aliphatic carboxylic acids is 2. The maximum atomic E-state index is 11.6. The predicted octanol–water partition coefficient (Wildman–Crippen LogP) is 7.35. The minimum Gasteiger partial charge on any atom is -0.481 e. The molecule has 4 N–H and O–H groups in total. The van der Waals surface area contributed by atoms with Crippen LogP contribution >= 0.6 is 0 Å². The zero-order valence-electron chi connectivity index (χ0n) is 26.0. The maximum Gasteiger partial charge on any atom is 0.303 e. The number of allylic oxidation sites excluding steroid dienone is 3. The van der Waals surface area contributed by atoms with Crippen LogP contribution in [0.25, 0.3) is 50.4 Å². The van der Waals surface area contributed by atoms with Crippen molar-refractivity contribution in [2.24, 2.45) is 0 Å². The van der Waals surface area contributed by atoms with Crippen LogP contribution in [0.2, 0.25) is 0 Å². The van der Waals surface area contributed by atoms with Gasteiger partial charge in [-0.25, -0.2) is 9.97 Å². The Balaban J connectivity index is 1.95. The second kappa shape index (κ2) is 12.1. The molecule has 0 saturated heterocycles. The van der Waals surface area contributed by atoms with Crippen LogP contribution < -0.4 is 0 Å². The molecular weight excluding hydrogens is 556 g/mol. The molecule has 1 atom stereocenters. The number of fused-ring (bicyclic) bond motifs is 8. The molecule has 3 aromatic rings. The molecule has 0 radical (unpaired) electrons. The number of nitrogens with zero attached hydrogens (tertiary/aromatic N) is 2. The van der Waals surface area contributed by atoms with E-state index in [0.29, 0.717) is 18.5 Å². The van der Waals surface area contributed by atoms with Gasteiger partial charge < -0.3 is 24.9 Å². The summed E-state index contributed by atoms with van der Waals surface area (Å²) in [6, 6.07) is 7.92. The Morgan fingerprint density at radius 1 is 0.818 bits per heavy atom. The summed E-state index contributed by atoms with van der Waals surface area (Å²) in [5, 5.41) is 19.0. The number of hydrogen-bond donors (Lipinski definition) is 4. The van der Waals surface area contributed by atoms with E-state index in [1.165, 1.54) is 0 Å². The average Bonchev–Trinajstić information content (AvgIpc) is 3.63. The van der Waals surface area contributed by atoms with Crippen LogP contribution in [0.4, 0.5) is 0 Å². The van der Waals surface area contributed by atoms with E-state index in [0.717, 1.165) is 83.7 Å². The molecule has 2 aliphatic rings. The number of hydrogen-bond acceptors (Lipinski definition) is 5. The molecule has 9 nitrogen and oxygen atoms in total. The van der Waals surface area contributed by atoms with Gasteiger partial charge in [0.1, 0.15) is 0 Å². The van der Waals surface area contributed by atoms with Crippen molar-refractivity contribution < 1.29 is 24.5 Å². The van der Waals surface area contributed by atoms with Gasteiger partial charge in [-0.15, -0.1) is 0 Å². The number of aromatic nitrogens is 4. The van der Waals surface area contributed by atoms with Gasteiger partial charge in [-0.1, -0.05) is 12.7 Å². The highest BCUT2D eigenvalue weighted by Crippen LogP contribution is 2.37. The van der Waals surface area contributed by atoms with Crippen molar-refractivity contribution >= 4 is 62.4 Å². The Morgan fingerprint density at radius 3 is 2.02 bits per heavy atom. The number of rotatable bonds is 9. The van der Waals surface area contributed by atoms with Crippen molar-refractivity contribution in [1.82, 2.24) is 19.9 Å². The Labute approximate surface area is 256 Å². The number of carboxylic acid groups (broad SMARTS) is 2. The fourth-order valence-corrected chi connectivity index (χ4v) is 6.14. The lowest BCUT2D eigenvalue weighted by atomic mass is 10.00. The van der Waals surface area contributed by atoms with E-state index in [2.05, 4.69) is 16.5 Å². The number of aromatic amines is 2. The summed E-state index contributed by atoms with van der Waals surface area (Å²) in [5.74, 6) is -1.77. The van der Waals surface area contributed by atoms with Gasteiger partial charge in [0.15, 0.2) is 0 Å². The Kier molecular flexibility index (Phi) is 8.43. The third-order valence-corrected chi connectivity index (χ3v) is 8.78. The van der Waals surface area contributed by atoms with E-state index in [4.69, 9.17) is 14.7 Å². The highest BCUT2D eigenvalue weighted by atomic mass is 16.5. The SMILES string of the molecule is C=Cc1c(C)c2cc3nc(cc4[nH]c(cc5nc(cc1[nH]2)C(C)=C5C(C)OC)c(C)c4CCC(=O)O)C(CCC(=O)O)=C3C. The molecule has 3 aromatic heterocycles. The van der Waals surface area contributed by atoms with Crippen LogP contribution in [-0.2, 0) is 20.7 Å². The molecule has 1 unspecified atom stereocenters. The third kappa shape index (κ3) is 5.63. The van der Waals surface area contributed by atoms with E-state index in [1.54, 1.807) is 7.11 Å². The van der Waals surface area contributed by atoms with Gasteiger partial charge in [0.25, 0.3) is 0 Å². The summed E-state index contributed by atoms with van der Waals surface area (Å²) < 4.78 is 5.76. The number of H-pyrrole nitrogens is 2. The number of nitrogens with one attached hydrogen (secondary N) is 2. The minimum atomic E-state index is -0.885. The van der Waals surface area contributed by atoms with Crippen molar-refractivity contribution in [2.45, 2.75) is 66.4 Å². The van der Waals surface area contributed by atoms with Crippen LogP contribution in [0.1, 0.15) is 85.1 Å². The van der Waals surface area contributed by atoms with Crippen molar-refractivity contribution in [3.63, 3.8) is 0 Å². The second-order valence-electron chi connectivity index (χ2n) is 11.4. The molecule has 0 amide bonds. The summed E-state index contributed by atoms with van der Waals surface area (Å²) in [7, 11) is 1.67. The lowest BCUT2D eigenvalue weighted by molar-refractivity contribution is -0.137. The fraction of sp³-hybridized carbons (Fsp3) is 0.314. The van der Waals surface area contributed by atoms with Crippen molar-refractivity contribution in [1.29, 1.82) is 0 Å². The van der Waals surface area contributed by atoms with E-state index >= 15 is 0 Å². The van der Waals surface area contributed by atoms with Crippen molar-refractivity contribution in [2.75, 3.05) is 7.11 Å². The lowest BCUT2D eigenvalue weighted by Gasteiger charge is -2.12. The number of carbonyl (C=O) groups is 2. The van der Waals surface area contributed by atoms with Crippen LogP contribution in [0, 0.1) is 13.8 Å². The van der Waals surface area contributed by atoms with E-state index in [9.17, 15) is 19.8 Å². The molecule has 9 heteroatoms. The molecule has 228 valence electrons. The quantitative estimate of drug-likeness (QED) is 0.203. The lowest BCUT2D eigenvalue weighted by Crippen LogP contribution is -2.07.